The molecule has 1 aliphatic heterocycles. The van der Waals surface area contributed by atoms with E-state index in [4.69, 9.17) is 10.5 Å². The van der Waals surface area contributed by atoms with Gasteiger partial charge in [0.1, 0.15) is 18.4 Å². The van der Waals surface area contributed by atoms with Crippen LogP contribution >= 0.6 is 0 Å². The maximum Gasteiger partial charge on any atom is 0.244 e. The van der Waals surface area contributed by atoms with Crippen molar-refractivity contribution in [2.24, 2.45) is 5.73 Å². The van der Waals surface area contributed by atoms with Crippen molar-refractivity contribution in [2.45, 2.75) is 31.9 Å². The fourth-order valence-electron chi connectivity index (χ4n) is 3.48. The Balaban J connectivity index is 1.43. The molecule has 2 aromatic carbocycles. The first-order valence-corrected chi connectivity index (χ1v) is 10.3. The van der Waals surface area contributed by atoms with Gasteiger partial charge in [-0.2, -0.15) is 0 Å². The minimum atomic E-state index is -0.528. The first-order valence-electron chi connectivity index (χ1n) is 10.3. The highest BCUT2D eigenvalue weighted by Crippen LogP contribution is 2.18. The van der Waals surface area contributed by atoms with Crippen LogP contribution in [0.5, 0.6) is 5.75 Å². The normalized spacial score (nSPS) is 15.7. The van der Waals surface area contributed by atoms with Crippen molar-refractivity contribution in [3.63, 3.8) is 0 Å². The van der Waals surface area contributed by atoms with Crippen molar-refractivity contribution in [3.05, 3.63) is 71.8 Å². The molecular formula is C24H27N3O4. The van der Waals surface area contributed by atoms with Gasteiger partial charge in [-0.05, 0) is 42.2 Å². The van der Waals surface area contributed by atoms with Gasteiger partial charge in [0.05, 0.1) is 0 Å². The molecule has 1 atom stereocenters. The summed E-state index contributed by atoms with van der Waals surface area (Å²) in [7, 11) is 0. The summed E-state index contributed by atoms with van der Waals surface area (Å²) in [4.78, 5) is 37.2. The molecule has 7 heteroatoms. The van der Waals surface area contributed by atoms with E-state index in [1.54, 1.807) is 6.08 Å². The second kappa shape index (κ2) is 11.0. The molecule has 1 saturated heterocycles. The van der Waals surface area contributed by atoms with Crippen LogP contribution in [-0.4, -0.2) is 41.8 Å². The van der Waals surface area contributed by atoms with Crippen LogP contribution in [0.25, 0.3) is 6.08 Å². The van der Waals surface area contributed by atoms with Gasteiger partial charge in [-0.15, -0.1) is 0 Å². The van der Waals surface area contributed by atoms with Gasteiger partial charge in [0, 0.05) is 25.6 Å². The Labute approximate surface area is 181 Å². The van der Waals surface area contributed by atoms with E-state index in [1.807, 2.05) is 54.6 Å². The summed E-state index contributed by atoms with van der Waals surface area (Å²) in [6, 6.07) is 16.8. The molecule has 0 aromatic heterocycles. The van der Waals surface area contributed by atoms with Crippen LogP contribution in [0.3, 0.4) is 0 Å². The average molecular weight is 421 g/mol. The fourth-order valence-corrected chi connectivity index (χ4v) is 3.48. The lowest BCUT2D eigenvalue weighted by Crippen LogP contribution is -2.44. The zero-order chi connectivity index (χ0) is 22.1. The second-order valence-electron chi connectivity index (χ2n) is 7.37. The number of primary amides is 1. The number of likely N-dealkylation sites (tertiary alicyclic amines) is 1. The van der Waals surface area contributed by atoms with Crippen LogP contribution in [0.1, 0.15) is 30.4 Å². The number of rotatable bonds is 9. The molecule has 1 aliphatic rings. The molecule has 2 aromatic rings. The molecule has 1 fully saturated rings. The summed E-state index contributed by atoms with van der Waals surface area (Å²) >= 11 is 0. The number of nitrogens with one attached hydrogen (secondary N) is 1. The number of nitrogens with two attached hydrogens (primary N) is 1. The van der Waals surface area contributed by atoms with Gasteiger partial charge in [-0.25, -0.2) is 0 Å². The highest BCUT2D eigenvalue weighted by Gasteiger charge is 2.32. The van der Waals surface area contributed by atoms with Crippen LogP contribution in [0, 0.1) is 0 Å². The molecule has 0 radical (unpaired) electrons. The number of carbonyl (C=O) groups excluding carboxylic acids is 3. The molecule has 162 valence electrons. The smallest absolute Gasteiger partial charge is 0.244 e. The van der Waals surface area contributed by atoms with Crippen molar-refractivity contribution in [3.8, 4) is 5.75 Å². The Morgan fingerprint density at radius 2 is 1.94 bits per heavy atom. The van der Waals surface area contributed by atoms with Gasteiger partial charge >= 0.3 is 0 Å². The van der Waals surface area contributed by atoms with Crippen molar-refractivity contribution in [1.29, 1.82) is 0 Å². The summed E-state index contributed by atoms with van der Waals surface area (Å²) < 4.78 is 5.80. The van der Waals surface area contributed by atoms with Gasteiger partial charge in [0.2, 0.25) is 17.7 Å². The molecule has 3 N–H and O–H groups in total. The topological polar surface area (TPSA) is 102 Å². The third kappa shape index (κ3) is 6.70. The number of hydrogen-bond acceptors (Lipinski definition) is 4. The van der Waals surface area contributed by atoms with E-state index in [-0.39, 0.29) is 24.8 Å². The van der Waals surface area contributed by atoms with E-state index in [1.165, 1.54) is 11.0 Å². The summed E-state index contributed by atoms with van der Waals surface area (Å²) in [6.45, 7) is 1.20. The second-order valence-corrected chi connectivity index (χ2v) is 7.37. The zero-order valence-corrected chi connectivity index (χ0v) is 17.3. The van der Waals surface area contributed by atoms with Gasteiger partial charge < -0.3 is 20.7 Å². The van der Waals surface area contributed by atoms with E-state index in [2.05, 4.69) is 5.32 Å². The standard InChI is InChI=1S/C24H27N3O4/c25-24(30)21-10-5-15-27(21)23(29)13-14-26-22(28)12-11-18-8-4-9-20(16-18)31-17-19-6-2-1-3-7-19/h1-4,6-9,11-12,16,21H,5,10,13-15,17H2,(H2,25,30)(H,26,28)/b12-11+. The summed E-state index contributed by atoms with van der Waals surface area (Å²) in [5.74, 6) is -0.232. The van der Waals surface area contributed by atoms with Crippen molar-refractivity contribution < 1.29 is 19.1 Å². The van der Waals surface area contributed by atoms with E-state index in [0.29, 0.717) is 25.3 Å². The molecule has 3 amide bonds. The lowest BCUT2D eigenvalue weighted by Gasteiger charge is -2.22. The first kappa shape index (κ1) is 22.1. The van der Waals surface area contributed by atoms with Crippen molar-refractivity contribution >= 4 is 23.8 Å². The lowest BCUT2D eigenvalue weighted by atomic mass is 10.2. The molecule has 0 saturated carbocycles. The molecule has 1 unspecified atom stereocenters. The minimum Gasteiger partial charge on any atom is -0.489 e. The highest BCUT2D eigenvalue weighted by molar-refractivity contribution is 5.92. The molecule has 1 heterocycles. The number of nitrogens with zero attached hydrogens (tertiary/aromatic N) is 1. The number of benzene rings is 2. The van der Waals surface area contributed by atoms with Gasteiger partial charge in [0.25, 0.3) is 0 Å². The lowest BCUT2D eigenvalue weighted by molar-refractivity contribution is -0.137. The number of amides is 3. The van der Waals surface area contributed by atoms with Crippen molar-refractivity contribution in [1.82, 2.24) is 10.2 Å². The summed E-state index contributed by atoms with van der Waals surface area (Å²) in [5, 5.41) is 2.69. The molecule has 31 heavy (non-hydrogen) atoms. The van der Waals surface area contributed by atoms with E-state index < -0.39 is 11.9 Å². The van der Waals surface area contributed by atoms with E-state index >= 15 is 0 Å². The molecule has 0 aliphatic carbocycles. The molecule has 7 nitrogen and oxygen atoms in total. The maximum absolute atomic E-state index is 12.3. The predicted molar refractivity (Wildman–Crippen MR) is 118 cm³/mol. The highest BCUT2D eigenvalue weighted by atomic mass is 16.5. The van der Waals surface area contributed by atoms with Crippen LogP contribution in [0.15, 0.2) is 60.7 Å². The summed E-state index contributed by atoms with van der Waals surface area (Å²) in [5.41, 5.74) is 7.25. The zero-order valence-electron chi connectivity index (χ0n) is 17.3. The Morgan fingerprint density at radius 3 is 2.71 bits per heavy atom. The third-order valence-corrected chi connectivity index (χ3v) is 5.07. The number of carbonyl (C=O) groups is 3. The summed E-state index contributed by atoms with van der Waals surface area (Å²) in [6.07, 6.45) is 4.61. The van der Waals surface area contributed by atoms with Crippen LogP contribution in [0.2, 0.25) is 0 Å². The Bertz CT molecular complexity index is 943. The van der Waals surface area contributed by atoms with E-state index in [9.17, 15) is 14.4 Å². The van der Waals surface area contributed by atoms with E-state index in [0.717, 1.165) is 17.5 Å². The van der Waals surface area contributed by atoms with Crippen LogP contribution in [0.4, 0.5) is 0 Å². The first-order chi connectivity index (χ1) is 15.0. The molecule has 3 rings (SSSR count). The average Bonchev–Trinajstić information content (AvgIpc) is 3.28. The third-order valence-electron chi connectivity index (χ3n) is 5.07. The minimum absolute atomic E-state index is 0.131. The van der Waals surface area contributed by atoms with Crippen molar-refractivity contribution in [2.75, 3.05) is 13.1 Å². The quantitative estimate of drug-likeness (QED) is 0.607. The Hall–Kier alpha value is -3.61. The van der Waals surface area contributed by atoms with Crippen LogP contribution in [-0.2, 0) is 21.0 Å². The van der Waals surface area contributed by atoms with Gasteiger partial charge in [-0.3, -0.25) is 14.4 Å². The predicted octanol–water partition coefficient (Wildman–Crippen LogP) is 2.26. The largest absolute Gasteiger partial charge is 0.489 e. The maximum atomic E-state index is 12.3. The molecular weight excluding hydrogens is 394 g/mol. The molecule has 0 spiro atoms. The van der Waals surface area contributed by atoms with Crippen LogP contribution < -0.4 is 15.8 Å². The Morgan fingerprint density at radius 1 is 1.13 bits per heavy atom. The fraction of sp³-hybridized carbons (Fsp3) is 0.292. The van der Waals surface area contributed by atoms with Gasteiger partial charge in [-0.1, -0.05) is 42.5 Å². The Kier molecular flexibility index (Phi) is 7.81. The number of ether oxygens (including phenoxy) is 1. The van der Waals surface area contributed by atoms with Gasteiger partial charge in [0.15, 0.2) is 0 Å². The number of hydrogen-bond donors (Lipinski definition) is 2. The monoisotopic (exact) mass is 421 g/mol. The molecule has 0 bridgehead atoms. The SMILES string of the molecule is NC(=O)C1CCCN1C(=O)CCNC(=O)/C=C/c1cccc(OCc2ccccc2)c1.